The molecule has 1 rings (SSSR count). The van der Waals surface area contributed by atoms with E-state index in [9.17, 15) is 9.00 Å². The fourth-order valence-corrected chi connectivity index (χ4v) is 2.01. The van der Waals surface area contributed by atoms with Crippen molar-refractivity contribution in [3.05, 3.63) is 11.9 Å². The molecule has 0 aliphatic heterocycles. The summed E-state index contributed by atoms with van der Waals surface area (Å²) in [4.78, 5) is 11.8. The van der Waals surface area contributed by atoms with E-state index < -0.39 is 10.8 Å². The summed E-state index contributed by atoms with van der Waals surface area (Å²) >= 11 is 0. The van der Waals surface area contributed by atoms with Gasteiger partial charge in [-0.15, -0.1) is 0 Å². The van der Waals surface area contributed by atoms with Gasteiger partial charge in [0.15, 0.2) is 0 Å². The summed E-state index contributed by atoms with van der Waals surface area (Å²) in [6.45, 7) is 4.70. The summed E-state index contributed by atoms with van der Waals surface area (Å²) in [5, 5.41) is 6.68. The minimum Gasteiger partial charge on any atom is -0.396 e. The van der Waals surface area contributed by atoms with Crippen LogP contribution in [0.3, 0.4) is 0 Å². The maximum atomic E-state index is 11.8. The largest absolute Gasteiger partial charge is 0.396 e. The zero-order valence-corrected chi connectivity index (χ0v) is 10.9. The van der Waals surface area contributed by atoms with Crippen LogP contribution in [0.1, 0.15) is 24.3 Å². The fourth-order valence-electron chi connectivity index (χ4n) is 1.39. The van der Waals surface area contributed by atoms with E-state index in [2.05, 4.69) is 10.4 Å². The summed E-state index contributed by atoms with van der Waals surface area (Å²) in [7, 11) is -0.871. The van der Waals surface area contributed by atoms with E-state index >= 15 is 0 Å². The second kappa shape index (κ2) is 6.39. The van der Waals surface area contributed by atoms with E-state index in [0.29, 0.717) is 36.0 Å². The van der Waals surface area contributed by atoms with Gasteiger partial charge < -0.3 is 11.1 Å². The van der Waals surface area contributed by atoms with Crippen molar-refractivity contribution in [2.75, 3.05) is 23.8 Å². The van der Waals surface area contributed by atoms with E-state index in [-0.39, 0.29) is 5.91 Å². The van der Waals surface area contributed by atoms with Crippen molar-refractivity contribution in [3.8, 4) is 0 Å². The van der Waals surface area contributed by atoms with Gasteiger partial charge in [0.2, 0.25) is 0 Å². The van der Waals surface area contributed by atoms with Gasteiger partial charge in [-0.05, 0) is 6.92 Å². The first-order valence-corrected chi connectivity index (χ1v) is 7.03. The lowest BCUT2D eigenvalue weighted by Gasteiger charge is -2.07. The van der Waals surface area contributed by atoms with Gasteiger partial charge in [-0.1, -0.05) is 6.92 Å². The molecule has 1 unspecified atom stereocenters. The predicted octanol–water partition coefficient (Wildman–Crippen LogP) is -0.0164. The number of rotatable bonds is 6. The van der Waals surface area contributed by atoms with Gasteiger partial charge in [-0.2, -0.15) is 5.10 Å². The lowest BCUT2D eigenvalue weighted by Crippen LogP contribution is -2.30. The van der Waals surface area contributed by atoms with E-state index in [1.807, 2.05) is 13.8 Å². The molecule has 6 nitrogen and oxygen atoms in total. The third kappa shape index (κ3) is 3.55. The molecular formula is C10H18N4O2S. The lowest BCUT2D eigenvalue weighted by molar-refractivity contribution is 0.0946. The highest BCUT2D eigenvalue weighted by Gasteiger charge is 2.15. The zero-order chi connectivity index (χ0) is 12.8. The predicted molar refractivity (Wildman–Crippen MR) is 68.2 cm³/mol. The highest BCUT2D eigenvalue weighted by molar-refractivity contribution is 7.84. The zero-order valence-electron chi connectivity index (χ0n) is 10.1. The van der Waals surface area contributed by atoms with Crippen molar-refractivity contribution in [2.45, 2.75) is 20.4 Å². The van der Waals surface area contributed by atoms with Crippen molar-refractivity contribution in [2.24, 2.45) is 0 Å². The molecule has 0 aromatic carbocycles. The number of hydrogen-bond donors (Lipinski definition) is 2. The van der Waals surface area contributed by atoms with Gasteiger partial charge in [0.25, 0.3) is 5.91 Å². The molecular weight excluding hydrogens is 240 g/mol. The molecule has 0 aliphatic carbocycles. The molecule has 0 saturated carbocycles. The van der Waals surface area contributed by atoms with Crippen LogP contribution in [-0.2, 0) is 17.3 Å². The summed E-state index contributed by atoms with van der Waals surface area (Å²) in [5.41, 5.74) is 6.40. The SMILES string of the molecule is CCn1ncc(N)c1C(=O)NCCS(=O)CC. The number of nitrogens with two attached hydrogens (primary N) is 1. The normalized spacial score (nSPS) is 12.4. The van der Waals surface area contributed by atoms with Crippen LogP contribution in [0, 0.1) is 0 Å². The minimum atomic E-state index is -0.871. The Labute approximate surface area is 103 Å². The molecule has 1 heterocycles. The Kier molecular flexibility index (Phi) is 5.14. The summed E-state index contributed by atoms with van der Waals surface area (Å²) in [6.07, 6.45) is 1.46. The molecule has 7 heteroatoms. The van der Waals surface area contributed by atoms with Gasteiger partial charge in [0.1, 0.15) is 5.69 Å². The number of aryl methyl sites for hydroxylation is 1. The monoisotopic (exact) mass is 258 g/mol. The van der Waals surface area contributed by atoms with E-state index in [0.717, 1.165) is 0 Å². The average Bonchev–Trinajstić information content (AvgIpc) is 2.69. The Morgan fingerprint density at radius 1 is 1.59 bits per heavy atom. The van der Waals surface area contributed by atoms with E-state index in [1.165, 1.54) is 6.20 Å². The van der Waals surface area contributed by atoms with Crippen LogP contribution in [0.4, 0.5) is 5.69 Å². The molecule has 0 saturated heterocycles. The van der Waals surface area contributed by atoms with Crippen LogP contribution in [-0.4, -0.2) is 37.9 Å². The van der Waals surface area contributed by atoms with Gasteiger partial charge >= 0.3 is 0 Å². The van der Waals surface area contributed by atoms with Crippen LogP contribution < -0.4 is 11.1 Å². The molecule has 0 fully saturated rings. The summed E-state index contributed by atoms with van der Waals surface area (Å²) < 4.78 is 12.7. The summed E-state index contributed by atoms with van der Waals surface area (Å²) in [5.74, 6) is 0.794. The van der Waals surface area contributed by atoms with Gasteiger partial charge in [-0.25, -0.2) is 0 Å². The van der Waals surface area contributed by atoms with Crippen LogP contribution in [0.2, 0.25) is 0 Å². The van der Waals surface area contributed by atoms with Crippen LogP contribution in [0.5, 0.6) is 0 Å². The molecule has 96 valence electrons. The highest BCUT2D eigenvalue weighted by atomic mass is 32.2. The van der Waals surface area contributed by atoms with Crippen molar-refractivity contribution >= 4 is 22.4 Å². The maximum absolute atomic E-state index is 11.8. The average molecular weight is 258 g/mol. The third-order valence-corrected chi connectivity index (χ3v) is 3.62. The number of amides is 1. The van der Waals surface area contributed by atoms with E-state index in [4.69, 9.17) is 5.73 Å². The lowest BCUT2D eigenvalue weighted by atomic mass is 10.3. The number of nitrogen functional groups attached to an aromatic ring is 1. The molecule has 1 amide bonds. The Bertz CT molecular complexity index is 416. The number of aromatic nitrogens is 2. The smallest absolute Gasteiger partial charge is 0.271 e. The van der Waals surface area contributed by atoms with Gasteiger partial charge in [0.05, 0.1) is 11.9 Å². The Morgan fingerprint density at radius 2 is 2.29 bits per heavy atom. The molecule has 17 heavy (non-hydrogen) atoms. The number of carbonyl (C=O) groups is 1. The standard InChI is InChI=1S/C10H18N4O2S/c1-3-14-9(8(11)7-13-14)10(15)12-5-6-17(16)4-2/h7H,3-6,11H2,1-2H3,(H,12,15). The number of hydrogen-bond acceptors (Lipinski definition) is 4. The topological polar surface area (TPSA) is 90.0 Å². The van der Waals surface area contributed by atoms with Gasteiger partial charge in [-0.3, -0.25) is 13.7 Å². The van der Waals surface area contributed by atoms with Crippen LogP contribution in [0.25, 0.3) is 0 Å². The van der Waals surface area contributed by atoms with Crippen LogP contribution >= 0.6 is 0 Å². The molecule has 1 aromatic rings. The van der Waals surface area contributed by atoms with Crippen molar-refractivity contribution in [1.29, 1.82) is 0 Å². The number of anilines is 1. The minimum absolute atomic E-state index is 0.269. The van der Waals surface area contributed by atoms with Crippen molar-refractivity contribution < 1.29 is 9.00 Å². The first-order chi connectivity index (χ1) is 8.10. The number of carbonyl (C=O) groups excluding carboxylic acids is 1. The molecule has 1 atom stereocenters. The molecule has 0 aliphatic rings. The van der Waals surface area contributed by atoms with Crippen molar-refractivity contribution in [1.82, 2.24) is 15.1 Å². The summed E-state index contributed by atoms with van der Waals surface area (Å²) in [6, 6.07) is 0. The Balaban J connectivity index is 2.58. The fraction of sp³-hybridized carbons (Fsp3) is 0.600. The van der Waals surface area contributed by atoms with Crippen molar-refractivity contribution in [3.63, 3.8) is 0 Å². The van der Waals surface area contributed by atoms with Crippen LogP contribution in [0.15, 0.2) is 6.20 Å². The Hall–Kier alpha value is -1.37. The molecule has 0 radical (unpaired) electrons. The first-order valence-electron chi connectivity index (χ1n) is 5.54. The first kappa shape index (κ1) is 13.7. The molecule has 1 aromatic heterocycles. The number of nitrogens with zero attached hydrogens (tertiary/aromatic N) is 2. The van der Waals surface area contributed by atoms with Gasteiger partial charge in [0, 0.05) is 35.4 Å². The quantitative estimate of drug-likeness (QED) is 0.750. The van der Waals surface area contributed by atoms with E-state index in [1.54, 1.807) is 4.68 Å². The number of nitrogens with one attached hydrogen (secondary N) is 1. The highest BCUT2D eigenvalue weighted by Crippen LogP contribution is 2.09. The molecule has 0 bridgehead atoms. The maximum Gasteiger partial charge on any atom is 0.271 e. The second-order valence-electron chi connectivity index (χ2n) is 3.45. The molecule has 3 N–H and O–H groups in total. The molecule has 0 spiro atoms. The third-order valence-electron chi connectivity index (χ3n) is 2.32. The second-order valence-corrected chi connectivity index (χ2v) is 5.32. The Morgan fingerprint density at radius 3 is 2.88 bits per heavy atom.